The second-order valence-corrected chi connectivity index (χ2v) is 12.2. The molecule has 1 amide bonds. The summed E-state index contributed by atoms with van der Waals surface area (Å²) in [4.78, 5) is 19.5. The van der Waals surface area contributed by atoms with Crippen LogP contribution < -0.4 is 0 Å². The molecule has 7 nitrogen and oxygen atoms in total. The van der Waals surface area contributed by atoms with Gasteiger partial charge < -0.3 is 10.0 Å². The number of hydrogen-bond acceptors (Lipinski definition) is 7. The normalized spacial score (nSPS) is 17.9. The number of carbonyl (C=O) groups is 1. The fourth-order valence-electron chi connectivity index (χ4n) is 3.82. The van der Waals surface area contributed by atoms with Crippen molar-refractivity contribution in [2.45, 2.75) is 10.3 Å². The van der Waals surface area contributed by atoms with Crippen LogP contribution in [0.4, 0.5) is 0 Å². The van der Waals surface area contributed by atoms with E-state index in [1.165, 1.54) is 15.6 Å². The lowest BCUT2D eigenvalue weighted by molar-refractivity contribution is 0.0444. The lowest BCUT2D eigenvalue weighted by atomic mass is 10.2. The summed E-state index contributed by atoms with van der Waals surface area (Å²) in [6.07, 6.45) is 1.67. The van der Waals surface area contributed by atoms with Crippen molar-refractivity contribution in [1.82, 2.24) is 14.2 Å². The van der Waals surface area contributed by atoms with Crippen LogP contribution in [0.2, 0.25) is 5.02 Å². The highest BCUT2D eigenvalue weighted by Gasteiger charge is 2.37. The van der Waals surface area contributed by atoms with E-state index in [0.29, 0.717) is 9.90 Å². The predicted molar refractivity (Wildman–Crippen MR) is 127 cm³/mol. The molecule has 1 aliphatic heterocycles. The summed E-state index contributed by atoms with van der Waals surface area (Å²) in [5, 5.41) is 11.3. The number of sulfonamides is 1. The first kappa shape index (κ1) is 21.7. The summed E-state index contributed by atoms with van der Waals surface area (Å²) in [5.74, 6) is -0.222. The molecule has 4 heterocycles. The number of piperazine rings is 1. The smallest absolute Gasteiger partial charge is 0.264 e. The van der Waals surface area contributed by atoms with Gasteiger partial charge in [-0.05, 0) is 41.8 Å². The average molecular weight is 508 g/mol. The average Bonchev–Trinajstić information content (AvgIpc) is 3.42. The Morgan fingerprint density at radius 1 is 1.16 bits per heavy atom. The largest absolute Gasteiger partial charge is 0.394 e. The van der Waals surface area contributed by atoms with E-state index in [0.717, 1.165) is 31.6 Å². The van der Waals surface area contributed by atoms with Gasteiger partial charge in [-0.15, -0.1) is 22.7 Å². The maximum atomic E-state index is 13.3. The number of nitrogens with zero attached hydrogens (tertiary/aromatic N) is 3. The molecule has 1 atom stereocenters. The van der Waals surface area contributed by atoms with Crippen molar-refractivity contribution in [2.75, 3.05) is 26.2 Å². The fourth-order valence-corrected chi connectivity index (χ4v) is 8.09. The Bertz CT molecular complexity index is 1400. The highest BCUT2D eigenvalue weighted by atomic mass is 35.5. The third kappa shape index (κ3) is 3.81. The first-order chi connectivity index (χ1) is 15.4. The molecule has 0 radical (unpaired) electrons. The van der Waals surface area contributed by atoms with E-state index in [2.05, 4.69) is 4.98 Å². The van der Waals surface area contributed by atoms with Crippen LogP contribution in [0.1, 0.15) is 9.67 Å². The molecule has 32 heavy (non-hydrogen) atoms. The highest BCUT2D eigenvalue weighted by molar-refractivity contribution is 7.91. The Hall–Kier alpha value is -2.08. The van der Waals surface area contributed by atoms with E-state index >= 15 is 0 Å². The van der Waals surface area contributed by atoms with Gasteiger partial charge in [0.05, 0.1) is 27.7 Å². The van der Waals surface area contributed by atoms with Gasteiger partial charge in [-0.25, -0.2) is 8.42 Å². The number of rotatable bonds is 4. The van der Waals surface area contributed by atoms with Crippen molar-refractivity contribution in [1.29, 1.82) is 0 Å². The molecule has 0 spiro atoms. The topological polar surface area (TPSA) is 90.8 Å². The van der Waals surface area contributed by atoms with Gasteiger partial charge in [0.2, 0.25) is 0 Å². The maximum Gasteiger partial charge on any atom is 0.264 e. The van der Waals surface area contributed by atoms with Crippen LogP contribution in [-0.2, 0) is 10.0 Å². The quantitative estimate of drug-likeness (QED) is 0.455. The van der Waals surface area contributed by atoms with Gasteiger partial charge in [0.1, 0.15) is 4.21 Å². The number of benzene rings is 1. The maximum absolute atomic E-state index is 13.3. The third-order valence-electron chi connectivity index (χ3n) is 5.47. The molecule has 3 aromatic heterocycles. The van der Waals surface area contributed by atoms with Gasteiger partial charge in [-0.3, -0.25) is 9.78 Å². The molecule has 1 N–H and O–H groups in total. The van der Waals surface area contributed by atoms with Crippen molar-refractivity contribution >= 4 is 70.5 Å². The monoisotopic (exact) mass is 507 g/mol. The lowest BCUT2D eigenvalue weighted by Gasteiger charge is -2.39. The molecule has 5 rings (SSSR count). The van der Waals surface area contributed by atoms with E-state index in [1.807, 2.05) is 12.1 Å². The summed E-state index contributed by atoms with van der Waals surface area (Å²) in [7, 11) is -3.76. The van der Waals surface area contributed by atoms with Crippen LogP contribution in [-0.4, -0.2) is 65.9 Å². The zero-order valence-electron chi connectivity index (χ0n) is 16.6. The molecule has 1 unspecified atom stereocenters. The number of thiophene rings is 2. The first-order valence-corrected chi connectivity index (χ1v) is 13.3. The second-order valence-electron chi connectivity index (χ2n) is 7.44. The number of aliphatic hydroxyl groups is 1. The van der Waals surface area contributed by atoms with Crippen molar-refractivity contribution in [3.05, 3.63) is 58.6 Å². The van der Waals surface area contributed by atoms with E-state index in [4.69, 9.17) is 11.6 Å². The van der Waals surface area contributed by atoms with E-state index < -0.39 is 16.1 Å². The number of aromatic nitrogens is 1. The van der Waals surface area contributed by atoms with Crippen LogP contribution in [0.3, 0.4) is 0 Å². The van der Waals surface area contributed by atoms with Gasteiger partial charge in [-0.2, -0.15) is 4.31 Å². The second kappa shape index (κ2) is 8.36. The summed E-state index contributed by atoms with van der Waals surface area (Å²) >= 11 is 8.54. The Balaban J connectivity index is 1.39. The summed E-state index contributed by atoms with van der Waals surface area (Å²) < 4.78 is 29.8. The van der Waals surface area contributed by atoms with Crippen LogP contribution in [0, 0.1) is 0 Å². The third-order valence-corrected chi connectivity index (χ3v) is 10.2. The van der Waals surface area contributed by atoms with Gasteiger partial charge >= 0.3 is 0 Å². The number of aliphatic hydroxyl groups excluding tert-OH is 1. The van der Waals surface area contributed by atoms with Gasteiger partial charge in [-0.1, -0.05) is 17.7 Å². The number of amides is 1. The van der Waals surface area contributed by atoms with Gasteiger partial charge in [0.25, 0.3) is 15.9 Å². The zero-order chi connectivity index (χ0) is 22.5. The van der Waals surface area contributed by atoms with Crippen LogP contribution in [0.5, 0.6) is 0 Å². The van der Waals surface area contributed by atoms with Gasteiger partial charge in [0.15, 0.2) is 0 Å². The molecule has 0 aliphatic carbocycles. The van der Waals surface area contributed by atoms with Crippen molar-refractivity contribution in [3.8, 4) is 0 Å². The van der Waals surface area contributed by atoms with Gasteiger partial charge in [0, 0.05) is 35.6 Å². The Labute approximate surface area is 197 Å². The molecule has 0 saturated carbocycles. The summed E-state index contributed by atoms with van der Waals surface area (Å²) in [5.41, 5.74) is 0.743. The molecule has 4 aromatic rings. The first-order valence-electron chi connectivity index (χ1n) is 9.82. The van der Waals surface area contributed by atoms with Crippen LogP contribution in [0.15, 0.2) is 52.9 Å². The number of hydrogen-bond donors (Lipinski definition) is 1. The van der Waals surface area contributed by atoms with Crippen molar-refractivity contribution < 1.29 is 18.3 Å². The molecule has 1 fully saturated rings. The van der Waals surface area contributed by atoms with E-state index in [-0.39, 0.29) is 36.4 Å². The minimum absolute atomic E-state index is 0.0305. The molecule has 1 saturated heterocycles. The zero-order valence-corrected chi connectivity index (χ0v) is 19.8. The van der Waals surface area contributed by atoms with Crippen LogP contribution >= 0.6 is 34.3 Å². The predicted octanol–water partition coefficient (Wildman–Crippen LogP) is 3.67. The molecule has 1 aromatic carbocycles. The van der Waals surface area contributed by atoms with Crippen LogP contribution in [0.25, 0.3) is 20.3 Å². The van der Waals surface area contributed by atoms with E-state index in [1.54, 1.807) is 41.4 Å². The number of carbonyl (C=O) groups excluding carboxylic acids is 1. The fraction of sp³-hybridized carbons (Fsp3) is 0.238. The summed E-state index contributed by atoms with van der Waals surface area (Å²) in [6.45, 7) is 0.0516. The molecule has 166 valence electrons. The lowest BCUT2D eigenvalue weighted by Crippen LogP contribution is -2.57. The minimum Gasteiger partial charge on any atom is -0.394 e. The SMILES string of the molecule is O=C(c1cc2ncccc2s1)N1CCN(S(=O)(=O)c2cc3ccc(Cl)cc3s2)CC1CO. The minimum atomic E-state index is -3.76. The number of halogens is 1. The molecule has 11 heteroatoms. The van der Waals surface area contributed by atoms with Crippen molar-refractivity contribution in [3.63, 3.8) is 0 Å². The Kier molecular flexibility index (Phi) is 5.68. The summed E-state index contributed by atoms with van der Waals surface area (Å²) in [6, 6.07) is 11.7. The van der Waals surface area contributed by atoms with Crippen molar-refractivity contribution in [2.24, 2.45) is 0 Å². The Morgan fingerprint density at radius 2 is 2.00 bits per heavy atom. The number of fused-ring (bicyclic) bond motifs is 2. The van der Waals surface area contributed by atoms with E-state index in [9.17, 15) is 18.3 Å². The molecule has 0 bridgehead atoms. The standard InChI is InChI=1S/C21H18ClN3O4S3/c22-14-4-3-13-8-20(31-18(13)9-14)32(28,29)24-6-7-25(15(11-24)12-26)21(27)19-10-16-17(30-19)2-1-5-23-16/h1-5,8-10,15,26H,6-7,11-12H2. The molecular weight excluding hydrogens is 490 g/mol. The highest BCUT2D eigenvalue weighted by Crippen LogP contribution is 2.34. The Morgan fingerprint density at radius 3 is 2.78 bits per heavy atom. The number of pyridine rings is 1. The molecular formula is C21H18ClN3O4S3. The molecule has 1 aliphatic rings.